The largest absolute Gasteiger partial charge is 0.478 e. The lowest BCUT2D eigenvalue weighted by Gasteiger charge is -2.10. The Bertz CT molecular complexity index is 973. The fraction of sp³-hybridized carbons (Fsp3) is 0.261. The zero-order chi connectivity index (χ0) is 20.3. The summed E-state index contributed by atoms with van der Waals surface area (Å²) in [6.07, 6.45) is 0.857. The summed E-state index contributed by atoms with van der Waals surface area (Å²) in [7, 11) is 0. The molecule has 0 unspecified atom stereocenters. The number of hydrogen-bond acceptors (Lipinski definition) is 2. The third kappa shape index (κ3) is 4.29. The molecular formula is C23H25ClN2O2. The fourth-order valence-corrected chi connectivity index (χ4v) is 3.70. The Morgan fingerprint density at radius 2 is 1.64 bits per heavy atom. The van der Waals surface area contributed by atoms with Gasteiger partial charge in [-0.3, -0.25) is 0 Å². The topological polar surface area (TPSA) is 54.3 Å². The molecule has 0 amide bonds. The summed E-state index contributed by atoms with van der Waals surface area (Å²) in [5.41, 5.74) is 6.28. The maximum Gasteiger partial charge on any atom is 0.337 e. The number of aromatic carboxylic acids is 1. The van der Waals surface area contributed by atoms with Gasteiger partial charge >= 0.3 is 5.97 Å². The number of aryl methyl sites for hydroxylation is 1. The van der Waals surface area contributed by atoms with Crippen molar-refractivity contribution in [3.8, 4) is 5.69 Å². The molecule has 28 heavy (non-hydrogen) atoms. The molecule has 1 aromatic heterocycles. The van der Waals surface area contributed by atoms with Gasteiger partial charge in [0.05, 0.1) is 5.56 Å². The summed E-state index contributed by atoms with van der Waals surface area (Å²) in [6, 6.07) is 15.9. The van der Waals surface area contributed by atoms with Gasteiger partial charge in [0.1, 0.15) is 0 Å². The molecular weight excluding hydrogens is 372 g/mol. The van der Waals surface area contributed by atoms with E-state index in [0.717, 1.165) is 40.6 Å². The van der Waals surface area contributed by atoms with Crippen LogP contribution in [-0.4, -0.2) is 22.2 Å². The maximum absolute atomic E-state index is 11.9. The molecule has 146 valence electrons. The number of halogens is 1. The molecule has 0 atom stereocenters. The van der Waals surface area contributed by atoms with Crippen LogP contribution < -0.4 is 5.32 Å². The third-order valence-electron chi connectivity index (χ3n) is 5.08. The molecule has 2 aromatic carbocycles. The van der Waals surface area contributed by atoms with E-state index in [4.69, 9.17) is 11.6 Å². The van der Waals surface area contributed by atoms with E-state index < -0.39 is 5.97 Å². The Hall–Kier alpha value is -2.56. The summed E-state index contributed by atoms with van der Waals surface area (Å²) >= 11 is 5.92. The highest BCUT2D eigenvalue weighted by atomic mass is 35.5. The second-order valence-electron chi connectivity index (χ2n) is 7.05. The van der Waals surface area contributed by atoms with Gasteiger partial charge < -0.3 is 15.0 Å². The number of rotatable bonds is 7. The minimum Gasteiger partial charge on any atom is -0.478 e. The fourth-order valence-electron chi connectivity index (χ4n) is 3.58. The lowest BCUT2D eigenvalue weighted by Crippen LogP contribution is -2.18. The van der Waals surface area contributed by atoms with Crippen LogP contribution in [0.15, 0.2) is 48.5 Å². The number of carboxylic acid groups (broad SMARTS) is 1. The molecule has 0 aliphatic rings. The Morgan fingerprint density at radius 3 is 2.25 bits per heavy atom. The average molecular weight is 397 g/mol. The highest BCUT2D eigenvalue weighted by Gasteiger charge is 2.23. The van der Waals surface area contributed by atoms with Gasteiger partial charge in [-0.05, 0) is 63.6 Å². The molecule has 1 heterocycles. The van der Waals surface area contributed by atoms with E-state index in [2.05, 4.69) is 5.32 Å². The first kappa shape index (κ1) is 20.2. The van der Waals surface area contributed by atoms with E-state index >= 15 is 0 Å². The van der Waals surface area contributed by atoms with Crippen molar-refractivity contribution in [1.82, 2.24) is 9.88 Å². The van der Waals surface area contributed by atoms with Gasteiger partial charge in [0.2, 0.25) is 0 Å². The normalized spacial score (nSPS) is 11.0. The van der Waals surface area contributed by atoms with Crippen LogP contribution >= 0.6 is 11.6 Å². The SMILES string of the molecule is Cc1ccc(-n2c(C)c(CNCCc3ccc(Cl)cc3)c(C(=O)O)c2C)cc1. The first-order chi connectivity index (χ1) is 13.4. The van der Waals surface area contributed by atoms with Crippen molar-refractivity contribution in [2.75, 3.05) is 6.54 Å². The highest BCUT2D eigenvalue weighted by Crippen LogP contribution is 2.26. The number of carbonyl (C=O) groups is 1. The molecule has 0 bridgehead atoms. The Kier molecular flexibility index (Phi) is 6.22. The number of benzene rings is 2. The van der Waals surface area contributed by atoms with Crippen LogP contribution in [0.4, 0.5) is 0 Å². The molecule has 4 nitrogen and oxygen atoms in total. The number of nitrogens with zero attached hydrogens (tertiary/aromatic N) is 1. The second-order valence-corrected chi connectivity index (χ2v) is 7.49. The zero-order valence-corrected chi connectivity index (χ0v) is 17.2. The van der Waals surface area contributed by atoms with Crippen molar-refractivity contribution >= 4 is 17.6 Å². The molecule has 0 saturated heterocycles. The van der Waals surface area contributed by atoms with Crippen LogP contribution in [0, 0.1) is 20.8 Å². The van der Waals surface area contributed by atoms with Crippen molar-refractivity contribution in [3.63, 3.8) is 0 Å². The van der Waals surface area contributed by atoms with Crippen LogP contribution in [0.5, 0.6) is 0 Å². The van der Waals surface area contributed by atoms with Crippen LogP contribution in [0.1, 0.15) is 38.4 Å². The smallest absolute Gasteiger partial charge is 0.337 e. The minimum atomic E-state index is -0.888. The molecule has 3 rings (SSSR count). The van der Waals surface area contributed by atoms with Crippen molar-refractivity contribution in [1.29, 1.82) is 0 Å². The summed E-state index contributed by atoms with van der Waals surface area (Å²) in [5, 5.41) is 13.9. The lowest BCUT2D eigenvalue weighted by atomic mass is 10.1. The Balaban J connectivity index is 1.79. The van der Waals surface area contributed by atoms with Gasteiger partial charge in [-0.1, -0.05) is 41.4 Å². The summed E-state index contributed by atoms with van der Waals surface area (Å²) in [4.78, 5) is 11.9. The predicted molar refractivity (Wildman–Crippen MR) is 114 cm³/mol. The van der Waals surface area contributed by atoms with E-state index in [1.54, 1.807) is 0 Å². The van der Waals surface area contributed by atoms with Gasteiger partial charge in [-0.2, -0.15) is 0 Å². The molecule has 0 aliphatic heterocycles. The van der Waals surface area contributed by atoms with Crippen molar-refractivity contribution in [2.24, 2.45) is 0 Å². The Morgan fingerprint density at radius 1 is 1.00 bits per heavy atom. The monoisotopic (exact) mass is 396 g/mol. The molecule has 0 radical (unpaired) electrons. The van der Waals surface area contributed by atoms with E-state index in [0.29, 0.717) is 12.1 Å². The predicted octanol–water partition coefficient (Wildman–Crippen LogP) is 5.09. The average Bonchev–Trinajstić information content (AvgIpc) is 2.91. The standard InChI is InChI=1S/C23H25ClN2O2/c1-15-4-10-20(11-5-15)26-16(2)21(22(17(26)3)23(27)28)14-25-13-12-18-6-8-19(24)9-7-18/h4-11,25H,12-14H2,1-3H3,(H,27,28). The van der Waals surface area contributed by atoms with Gasteiger partial charge in [-0.25, -0.2) is 4.79 Å². The molecule has 0 aliphatic carbocycles. The second kappa shape index (κ2) is 8.63. The molecule has 0 saturated carbocycles. The number of hydrogen-bond donors (Lipinski definition) is 2. The lowest BCUT2D eigenvalue weighted by molar-refractivity contribution is 0.0695. The maximum atomic E-state index is 11.9. The van der Waals surface area contributed by atoms with Gasteiger partial charge in [0, 0.05) is 34.2 Å². The molecule has 0 spiro atoms. The van der Waals surface area contributed by atoms with Gasteiger partial charge in [-0.15, -0.1) is 0 Å². The zero-order valence-electron chi connectivity index (χ0n) is 16.4. The van der Waals surface area contributed by atoms with E-state index in [-0.39, 0.29) is 0 Å². The Labute approximate surface area is 170 Å². The van der Waals surface area contributed by atoms with Gasteiger partial charge in [0.15, 0.2) is 0 Å². The number of aromatic nitrogens is 1. The first-order valence-electron chi connectivity index (χ1n) is 9.34. The van der Waals surface area contributed by atoms with Crippen LogP contribution in [0.25, 0.3) is 5.69 Å². The highest BCUT2D eigenvalue weighted by molar-refractivity contribution is 6.30. The van der Waals surface area contributed by atoms with Crippen molar-refractivity contribution in [2.45, 2.75) is 33.7 Å². The van der Waals surface area contributed by atoms with E-state index in [9.17, 15) is 9.90 Å². The van der Waals surface area contributed by atoms with Crippen LogP contribution in [0.3, 0.4) is 0 Å². The molecule has 3 aromatic rings. The van der Waals surface area contributed by atoms with Crippen LogP contribution in [-0.2, 0) is 13.0 Å². The number of nitrogens with one attached hydrogen (secondary N) is 1. The summed E-state index contributed by atoms with van der Waals surface area (Å²) in [6.45, 7) is 7.16. The third-order valence-corrected chi connectivity index (χ3v) is 5.33. The minimum absolute atomic E-state index is 0.386. The first-order valence-corrected chi connectivity index (χ1v) is 9.72. The molecule has 0 fully saturated rings. The molecule has 5 heteroatoms. The quantitative estimate of drug-likeness (QED) is 0.547. The summed E-state index contributed by atoms with van der Waals surface area (Å²) in [5.74, 6) is -0.888. The van der Waals surface area contributed by atoms with Crippen molar-refractivity contribution in [3.05, 3.63) is 87.2 Å². The molecule has 2 N–H and O–H groups in total. The van der Waals surface area contributed by atoms with Crippen LogP contribution in [0.2, 0.25) is 5.02 Å². The van der Waals surface area contributed by atoms with Crippen molar-refractivity contribution < 1.29 is 9.90 Å². The summed E-state index contributed by atoms with van der Waals surface area (Å²) < 4.78 is 2.03. The van der Waals surface area contributed by atoms with E-state index in [1.807, 2.05) is 73.9 Å². The van der Waals surface area contributed by atoms with E-state index in [1.165, 1.54) is 11.1 Å². The number of carboxylic acids is 1. The van der Waals surface area contributed by atoms with Gasteiger partial charge in [0.25, 0.3) is 0 Å².